The lowest BCUT2D eigenvalue weighted by Gasteiger charge is -2.43. The first-order valence-electron chi connectivity index (χ1n) is 12.8. The topological polar surface area (TPSA) is 67.2 Å². The maximum atomic E-state index is 11.7. The Bertz CT molecular complexity index is 1100. The van der Waals surface area contributed by atoms with Crippen molar-refractivity contribution in [3.05, 3.63) is 36.3 Å². The van der Waals surface area contributed by atoms with Crippen molar-refractivity contribution in [1.29, 1.82) is 0 Å². The molecule has 1 aromatic heterocycles. The van der Waals surface area contributed by atoms with E-state index in [1.165, 1.54) is 70.1 Å². The summed E-state index contributed by atoms with van der Waals surface area (Å²) in [4.78, 5) is 8.06. The minimum atomic E-state index is -3.17. The van der Waals surface area contributed by atoms with Gasteiger partial charge in [0.05, 0.1) is 10.6 Å². The van der Waals surface area contributed by atoms with Crippen molar-refractivity contribution in [3.63, 3.8) is 0 Å². The molecule has 3 fully saturated rings. The Balaban J connectivity index is 0.00000144. The minimum absolute atomic E-state index is 0. The number of hydrogen-bond acceptors (Lipinski definition) is 5. The highest BCUT2D eigenvalue weighted by Gasteiger charge is 2.38. The van der Waals surface area contributed by atoms with Crippen LogP contribution in [0.25, 0.3) is 11.3 Å². The van der Waals surface area contributed by atoms with Crippen LogP contribution in [0, 0.1) is 11.8 Å². The van der Waals surface area contributed by atoms with Gasteiger partial charge in [-0.15, -0.1) is 24.8 Å². The van der Waals surface area contributed by atoms with Crippen molar-refractivity contribution >= 4 is 34.7 Å². The van der Waals surface area contributed by atoms with Crippen molar-refractivity contribution in [3.8, 4) is 11.3 Å². The third-order valence-corrected chi connectivity index (χ3v) is 9.94. The summed E-state index contributed by atoms with van der Waals surface area (Å²) in [6, 6.07) is 9.51. The summed E-state index contributed by atoms with van der Waals surface area (Å²) in [5, 5.41) is 3.79. The van der Waals surface area contributed by atoms with E-state index in [2.05, 4.69) is 21.0 Å². The van der Waals surface area contributed by atoms with Gasteiger partial charge in [-0.25, -0.2) is 13.4 Å². The number of rotatable bonds is 4. The van der Waals surface area contributed by atoms with Gasteiger partial charge in [0.2, 0.25) is 0 Å². The van der Waals surface area contributed by atoms with Crippen LogP contribution < -0.4 is 5.32 Å². The second kappa shape index (κ2) is 10.7. The monoisotopic (exact) mass is 540 g/mol. The molecule has 4 aliphatic heterocycles. The van der Waals surface area contributed by atoms with E-state index in [1.807, 2.05) is 12.1 Å². The maximum absolute atomic E-state index is 11.7. The van der Waals surface area contributed by atoms with E-state index in [1.54, 1.807) is 12.1 Å². The van der Waals surface area contributed by atoms with Crippen molar-refractivity contribution in [2.45, 2.75) is 80.9 Å². The lowest BCUT2D eigenvalue weighted by atomic mass is 9.79. The molecule has 4 aliphatic rings. The first-order chi connectivity index (χ1) is 15.9. The highest BCUT2D eigenvalue weighted by molar-refractivity contribution is 7.90. The number of sulfone groups is 1. The number of piperidine rings is 2. The molecule has 9 heteroatoms. The molecule has 6 rings (SSSR count). The number of nitrogens with one attached hydrogen (secondary N) is 1. The van der Waals surface area contributed by atoms with Crippen LogP contribution in [0.3, 0.4) is 0 Å². The molecule has 3 saturated heterocycles. The molecular formula is C26H38Cl2N4O2S. The van der Waals surface area contributed by atoms with Gasteiger partial charge >= 0.3 is 0 Å². The highest BCUT2D eigenvalue weighted by atomic mass is 35.5. The molecule has 0 spiro atoms. The van der Waals surface area contributed by atoms with Gasteiger partial charge in [-0.05, 0) is 82.0 Å². The highest BCUT2D eigenvalue weighted by Crippen LogP contribution is 2.37. The number of benzene rings is 1. The predicted octanol–water partition coefficient (Wildman–Crippen LogP) is 4.35. The number of hydrogen-bond donors (Lipinski definition) is 1. The molecule has 0 amide bonds. The van der Waals surface area contributed by atoms with E-state index in [-0.39, 0.29) is 24.8 Å². The fourth-order valence-electron chi connectivity index (χ4n) is 6.95. The fourth-order valence-corrected chi connectivity index (χ4v) is 7.58. The van der Waals surface area contributed by atoms with Crippen LogP contribution in [0.4, 0.5) is 0 Å². The van der Waals surface area contributed by atoms with Gasteiger partial charge in [0.1, 0.15) is 5.82 Å². The smallest absolute Gasteiger partial charge is 0.175 e. The molecule has 3 atom stereocenters. The number of imidazole rings is 1. The summed E-state index contributed by atoms with van der Waals surface area (Å²) in [6.07, 6.45) is 13.9. The van der Waals surface area contributed by atoms with Crippen LogP contribution in [0.5, 0.6) is 0 Å². The number of aryl methyl sites for hydroxylation is 1. The van der Waals surface area contributed by atoms with E-state index in [9.17, 15) is 8.42 Å². The zero-order chi connectivity index (χ0) is 22.6. The Kier molecular flexibility index (Phi) is 8.23. The average Bonchev–Trinajstić information content (AvgIpc) is 3.40. The Morgan fingerprint density at radius 2 is 1.57 bits per heavy atom. The molecule has 0 saturated carbocycles. The standard InChI is InChI=1S/C26H36N4O2S.2ClH/c1-33(31,32)24-7-2-19(3-8-24)25-17-30-16-20(4-9-26(30)28-25)18-10-12-29(13-11-18)23-14-21-5-6-22(15-23)27-21;;/h2-3,7-8,17-18,20-23,27H,4-6,9-16H2,1H3;2*1H/t20-,21?,22?,23?;;/m0../s1. The third kappa shape index (κ3) is 5.59. The second-order valence-electron chi connectivity index (χ2n) is 10.9. The number of aromatic nitrogens is 2. The normalized spacial score (nSPS) is 29.2. The summed E-state index contributed by atoms with van der Waals surface area (Å²) in [5.74, 6) is 2.75. The zero-order valence-corrected chi connectivity index (χ0v) is 22.9. The van der Waals surface area contributed by atoms with Crippen LogP contribution in [0.1, 0.15) is 50.8 Å². The summed E-state index contributed by atoms with van der Waals surface area (Å²) >= 11 is 0. The van der Waals surface area contributed by atoms with Crippen molar-refractivity contribution in [2.24, 2.45) is 11.8 Å². The van der Waals surface area contributed by atoms with Crippen LogP contribution >= 0.6 is 24.8 Å². The van der Waals surface area contributed by atoms with Crippen molar-refractivity contribution in [2.75, 3.05) is 19.3 Å². The molecule has 6 nitrogen and oxygen atoms in total. The summed E-state index contributed by atoms with van der Waals surface area (Å²) in [7, 11) is -3.17. The molecule has 2 unspecified atom stereocenters. The van der Waals surface area contributed by atoms with E-state index in [0.717, 1.165) is 54.2 Å². The lowest BCUT2D eigenvalue weighted by molar-refractivity contribution is 0.0725. The number of fused-ring (bicyclic) bond motifs is 3. The third-order valence-electron chi connectivity index (χ3n) is 8.81. The van der Waals surface area contributed by atoms with Crippen LogP contribution in [-0.4, -0.2) is 60.3 Å². The summed E-state index contributed by atoms with van der Waals surface area (Å²) in [5.41, 5.74) is 1.95. The van der Waals surface area contributed by atoms with Gasteiger partial charge in [0.25, 0.3) is 0 Å². The first-order valence-corrected chi connectivity index (χ1v) is 14.7. The largest absolute Gasteiger partial charge is 0.334 e. The molecule has 2 bridgehead atoms. The van der Waals surface area contributed by atoms with Gasteiger partial charge in [0.15, 0.2) is 9.84 Å². The average molecular weight is 542 g/mol. The Morgan fingerprint density at radius 3 is 2.20 bits per heavy atom. The Morgan fingerprint density at radius 1 is 0.914 bits per heavy atom. The van der Waals surface area contributed by atoms with Crippen LogP contribution in [0.15, 0.2) is 35.4 Å². The molecule has 194 valence electrons. The minimum Gasteiger partial charge on any atom is -0.334 e. The molecule has 1 aromatic carbocycles. The van der Waals surface area contributed by atoms with Crippen molar-refractivity contribution in [1.82, 2.24) is 19.8 Å². The van der Waals surface area contributed by atoms with Gasteiger partial charge in [-0.1, -0.05) is 12.1 Å². The molecule has 5 heterocycles. The maximum Gasteiger partial charge on any atom is 0.175 e. The molecule has 2 aromatic rings. The van der Waals surface area contributed by atoms with E-state index in [4.69, 9.17) is 4.98 Å². The molecular weight excluding hydrogens is 503 g/mol. The second-order valence-corrected chi connectivity index (χ2v) is 12.9. The first kappa shape index (κ1) is 26.9. The molecule has 35 heavy (non-hydrogen) atoms. The van der Waals surface area contributed by atoms with Crippen LogP contribution in [-0.2, 0) is 22.8 Å². The van der Waals surface area contributed by atoms with E-state index >= 15 is 0 Å². The Hall–Kier alpha value is -1.12. The molecule has 0 radical (unpaired) electrons. The van der Waals surface area contributed by atoms with Crippen molar-refractivity contribution < 1.29 is 8.42 Å². The number of halogens is 2. The summed E-state index contributed by atoms with van der Waals surface area (Å²) < 4.78 is 25.9. The molecule has 1 N–H and O–H groups in total. The number of nitrogens with zero attached hydrogens (tertiary/aromatic N) is 3. The lowest BCUT2D eigenvalue weighted by Crippen LogP contribution is -2.51. The molecule has 0 aliphatic carbocycles. The quantitative estimate of drug-likeness (QED) is 0.624. The van der Waals surface area contributed by atoms with Gasteiger partial charge in [0, 0.05) is 49.1 Å². The summed E-state index contributed by atoms with van der Waals surface area (Å²) in [6.45, 7) is 3.63. The van der Waals surface area contributed by atoms with Gasteiger partial charge < -0.3 is 14.8 Å². The van der Waals surface area contributed by atoms with Gasteiger partial charge in [-0.3, -0.25) is 0 Å². The van der Waals surface area contributed by atoms with E-state index in [0.29, 0.717) is 4.90 Å². The van der Waals surface area contributed by atoms with Crippen LogP contribution in [0.2, 0.25) is 0 Å². The predicted molar refractivity (Wildman–Crippen MR) is 144 cm³/mol. The zero-order valence-electron chi connectivity index (χ0n) is 20.4. The van der Waals surface area contributed by atoms with Gasteiger partial charge in [-0.2, -0.15) is 0 Å². The van der Waals surface area contributed by atoms with E-state index < -0.39 is 9.84 Å². The Labute approximate surface area is 222 Å². The number of likely N-dealkylation sites (tertiary alicyclic amines) is 1. The SMILES string of the molecule is CS(=O)(=O)c1ccc(-c2cn3c(n2)CC[C@H](C2CCN(C4CC5CCC(C4)N5)CC2)C3)cc1.Cl.Cl. The fraction of sp³-hybridized carbons (Fsp3) is 0.654.